The fraction of sp³-hybridized carbons (Fsp3) is 0.529. The molecule has 4 rings (SSSR count). The van der Waals surface area contributed by atoms with E-state index < -0.39 is 36.0 Å². The molecule has 1 heterocycles. The summed E-state index contributed by atoms with van der Waals surface area (Å²) in [4.78, 5) is 25.5. The van der Waals surface area contributed by atoms with Crippen molar-refractivity contribution in [3.63, 3.8) is 0 Å². The number of aliphatic hydroxyl groups is 2. The Balaban J connectivity index is 1.35. The summed E-state index contributed by atoms with van der Waals surface area (Å²) >= 11 is 0. The minimum atomic E-state index is -0.877. The molecule has 0 amide bonds. The van der Waals surface area contributed by atoms with Crippen LogP contribution in [0, 0.1) is 0 Å². The average molecular weight is 613 g/mol. The lowest BCUT2D eigenvalue weighted by Gasteiger charge is -2.42. The van der Waals surface area contributed by atoms with E-state index in [1.54, 1.807) is 62.8 Å². The summed E-state index contributed by atoms with van der Waals surface area (Å²) in [6, 6.07) is 13.4. The summed E-state index contributed by atoms with van der Waals surface area (Å²) in [5.41, 5.74) is 1.85. The molecule has 10 nitrogen and oxygen atoms in total. The number of carbonyl (C=O) groups excluding carboxylic acids is 2. The molecule has 0 radical (unpaired) electrons. The zero-order chi connectivity index (χ0) is 31.7. The second-order valence-electron chi connectivity index (χ2n) is 11.8. The lowest BCUT2D eigenvalue weighted by atomic mass is 9.94. The summed E-state index contributed by atoms with van der Waals surface area (Å²) in [5.74, 6) is -0.507. The summed E-state index contributed by atoms with van der Waals surface area (Å²) in [5, 5.41) is 20.4. The number of benzene rings is 2. The first-order valence-corrected chi connectivity index (χ1v) is 15.1. The van der Waals surface area contributed by atoms with Crippen molar-refractivity contribution in [2.24, 2.45) is 0 Å². The van der Waals surface area contributed by atoms with Crippen LogP contribution >= 0.6 is 0 Å². The van der Waals surface area contributed by atoms with Gasteiger partial charge in [-0.25, -0.2) is 9.59 Å². The number of hydrogen-bond acceptors (Lipinski definition) is 10. The first kappa shape index (κ1) is 33.5. The fourth-order valence-electron chi connectivity index (χ4n) is 5.77. The van der Waals surface area contributed by atoms with Crippen LogP contribution in [0.3, 0.4) is 0 Å². The van der Waals surface area contributed by atoms with E-state index in [9.17, 15) is 19.8 Å². The van der Waals surface area contributed by atoms with Gasteiger partial charge in [-0.15, -0.1) is 0 Å². The Morgan fingerprint density at radius 1 is 0.909 bits per heavy atom. The SMILES string of the molecule is COc1ccc(C(=O)O[C@@H]2CC=C(C[C@@H]3C[C@@H](C[C@H](CCO)OC(=O)c4ccc(OC)cc4)OC(C)(C)O3)C[C@@H](O)C2)cc1. The van der Waals surface area contributed by atoms with Crippen molar-refractivity contribution in [1.29, 1.82) is 0 Å². The third kappa shape index (κ3) is 9.79. The van der Waals surface area contributed by atoms with Gasteiger partial charge < -0.3 is 38.6 Å². The lowest BCUT2D eigenvalue weighted by Crippen LogP contribution is -2.46. The van der Waals surface area contributed by atoms with E-state index in [1.165, 1.54) is 0 Å². The monoisotopic (exact) mass is 612 g/mol. The van der Waals surface area contributed by atoms with Crippen LogP contribution in [-0.2, 0) is 18.9 Å². The molecule has 44 heavy (non-hydrogen) atoms. The second kappa shape index (κ2) is 15.5. The number of esters is 2. The number of hydrogen-bond donors (Lipinski definition) is 2. The summed E-state index contributed by atoms with van der Waals surface area (Å²) < 4.78 is 34.3. The van der Waals surface area contributed by atoms with Crippen LogP contribution < -0.4 is 9.47 Å². The van der Waals surface area contributed by atoms with Crippen molar-refractivity contribution in [3.8, 4) is 11.5 Å². The van der Waals surface area contributed by atoms with Crippen LogP contribution in [-0.4, -0.2) is 79.3 Å². The van der Waals surface area contributed by atoms with Gasteiger partial charge in [0, 0.05) is 38.7 Å². The summed E-state index contributed by atoms with van der Waals surface area (Å²) in [6.45, 7) is 3.56. The smallest absolute Gasteiger partial charge is 0.338 e. The van der Waals surface area contributed by atoms with Crippen molar-refractivity contribution in [3.05, 3.63) is 71.3 Å². The topological polar surface area (TPSA) is 130 Å². The quantitative estimate of drug-likeness (QED) is 0.250. The highest BCUT2D eigenvalue weighted by atomic mass is 16.7. The van der Waals surface area contributed by atoms with Crippen molar-refractivity contribution >= 4 is 11.9 Å². The van der Waals surface area contributed by atoms with Gasteiger partial charge in [0.05, 0.1) is 43.7 Å². The minimum Gasteiger partial charge on any atom is -0.497 e. The third-order valence-electron chi connectivity index (χ3n) is 7.79. The Hall–Kier alpha value is -3.44. The summed E-state index contributed by atoms with van der Waals surface area (Å²) in [7, 11) is 3.12. The average Bonchev–Trinajstić information content (AvgIpc) is 3.16. The number of carbonyl (C=O) groups is 2. The Kier molecular flexibility index (Phi) is 11.8. The van der Waals surface area contributed by atoms with Crippen molar-refractivity contribution in [1.82, 2.24) is 0 Å². The largest absolute Gasteiger partial charge is 0.497 e. The van der Waals surface area contributed by atoms with E-state index in [2.05, 4.69) is 0 Å². The molecule has 2 N–H and O–H groups in total. The van der Waals surface area contributed by atoms with Crippen LogP contribution in [0.2, 0.25) is 0 Å². The maximum atomic E-state index is 12.8. The Labute approximate surface area is 258 Å². The van der Waals surface area contributed by atoms with Crippen LogP contribution in [0.4, 0.5) is 0 Å². The van der Waals surface area contributed by atoms with Crippen LogP contribution in [0.15, 0.2) is 60.2 Å². The highest BCUT2D eigenvalue weighted by Crippen LogP contribution is 2.34. The number of ether oxygens (including phenoxy) is 6. The van der Waals surface area contributed by atoms with E-state index >= 15 is 0 Å². The van der Waals surface area contributed by atoms with Gasteiger partial charge in [-0.3, -0.25) is 0 Å². The Morgan fingerprint density at radius 3 is 2.09 bits per heavy atom. The lowest BCUT2D eigenvalue weighted by molar-refractivity contribution is -0.302. The standard InChI is InChI=1S/C34H44O10/c1-34(2)43-30(21-31(44-34)20-29(15-16-35)42-33(38)24-8-13-27(40-4)14-9-24)18-22-5-10-28(19-25(36)17-22)41-32(37)23-6-11-26(39-3)12-7-23/h5-9,11-14,25,28-31,35-36H,10,15-21H2,1-4H3/t25-,28-,29+,30-,31-/m1/s1. The first-order chi connectivity index (χ1) is 21.1. The second-order valence-corrected chi connectivity index (χ2v) is 11.8. The molecule has 0 saturated carbocycles. The minimum absolute atomic E-state index is 0.133. The van der Waals surface area contributed by atoms with Gasteiger partial charge in [0.25, 0.3) is 0 Å². The molecule has 1 aliphatic carbocycles. The van der Waals surface area contributed by atoms with Gasteiger partial charge in [0.15, 0.2) is 5.79 Å². The molecule has 2 aromatic carbocycles. The molecule has 2 aromatic rings. The Morgan fingerprint density at radius 2 is 1.50 bits per heavy atom. The van der Waals surface area contributed by atoms with Crippen molar-refractivity contribution < 1.29 is 48.2 Å². The highest BCUT2D eigenvalue weighted by Gasteiger charge is 2.38. The zero-order valence-corrected chi connectivity index (χ0v) is 25.9. The maximum Gasteiger partial charge on any atom is 0.338 e. The maximum absolute atomic E-state index is 12.8. The highest BCUT2D eigenvalue weighted by molar-refractivity contribution is 5.90. The van der Waals surface area contributed by atoms with Crippen LogP contribution in [0.25, 0.3) is 0 Å². The zero-order valence-electron chi connectivity index (χ0n) is 25.9. The fourth-order valence-corrected chi connectivity index (χ4v) is 5.77. The van der Waals surface area contributed by atoms with E-state index in [0.717, 1.165) is 5.57 Å². The van der Waals surface area contributed by atoms with Gasteiger partial charge in [0.2, 0.25) is 0 Å². The molecular weight excluding hydrogens is 568 g/mol. The molecular formula is C34H44O10. The van der Waals surface area contributed by atoms with Crippen molar-refractivity contribution in [2.75, 3.05) is 20.8 Å². The molecule has 0 aromatic heterocycles. The normalized spacial score (nSPS) is 23.9. The van der Waals surface area contributed by atoms with E-state index in [1.807, 2.05) is 19.9 Å². The Bertz CT molecular complexity index is 1250. The summed E-state index contributed by atoms with van der Waals surface area (Å²) in [6.07, 6.45) is 2.99. The molecule has 1 saturated heterocycles. The molecule has 1 aliphatic heterocycles. The molecule has 1 fully saturated rings. The number of aliphatic hydroxyl groups excluding tert-OH is 2. The molecule has 0 unspecified atom stereocenters. The predicted octanol–water partition coefficient (Wildman–Crippen LogP) is 5.00. The van der Waals surface area contributed by atoms with Gasteiger partial charge in [-0.2, -0.15) is 0 Å². The van der Waals surface area contributed by atoms with Gasteiger partial charge in [-0.05, 0) is 75.2 Å². The molecule has 240 valence electrons. The van der Waals surface area contributed by atoms with E-state index in [-0.39, 0.29) is 25.2 Å². The number of methoxy groups -OCH3 is 2. The third-order valence-corrected chi connectivity index (χ3v) is 7.79. The number of rotatable bonds is 12. The molecule has 0 spiro atoms. The van der Waals surface area contributed by atoms with Gasteiger partial charge in [-0.1, -0.05) is 11.6 Å². The molecule has 0 bridgehead atoms. The van der Waals surface area contributed by atoms with Crippen LogP contribution in [0.5, 0.6) is 11.5 Å². The van der Waals surface area contributed by atoms with E-state index in [4.69, 9.17) is 28.4 Å². The molecule has 2 aliphatic rings. The van der Waals surface area contributed by atoms with Crippen LogP contribution in [0.1, 0.15) is 79.5 Å². The molecule has 10 heteroatoms. The first-order valence-electron chi connectivity index (χ1n) is 15.1. The van der Waals surface area contributed by atoms with Gasteiger partial charge >= 0.3 is 11.9 Å². The predicted molar refractivity (Wildman–Crippen MR) is 162 cm³/mol. The van der Waals surface area contributed by atoms with Gasteiger partial charge in [0.1, 0.15) is 23.7 Å². The molecule has 5 atom stereocenters. The van der Waals surface area contributed by atoms with E-state index in [0.29, 0.717) is 61.2 Å². The van der Waals surface area contributed by atoms with Crippen molar-refractivity contribution in [2.45, 2.75) is 95.1 Å².